The standard InChI is InChI=1S/C30H31F5N3OSi/c1-29(2,3)40(4,5)39-30(19-12-8-6-9-13-19,20-14-10-7-11-15-20)21-16-17-22-36-38(18-37(21)22)28-26(34)24(32)23(31)25(33)27(28)35/h6-15,18,21H,16-17H2,1-5H3/q+1/t21-/m0/s1. The monoisotopic (exact) mass is 572 g/mol. The summed E-state index contributed by atoms with van der Waals surface area (Å²) in [5, 5.41) is 4.13. The topological polar surface area (TPSA) is 30.9 Å². The summed E-state index contributed by atoms with van der Waals surface area (Å²) in [4.78, 5) is 0. The lowest BCUT2D eigenvalue weighted by molar-refractivity contribution is -0.730. The van der Waals surface area contributed by atoms with Crippen molar-refractivity contribution in [2.75, 3.05) is 0 Å². The lowest BCUT2D eigenvalue weighted by Gasteiger charge is -2.48. The molecule has 1 aromatic heterocycles. The van der Waals surface area contributed by atoms with Crippen LogP contribution in [0.2, 0.25) is 18.1 Å². The molecule has 40 heavy (non-hydrogen) atoms. The lowest BCUT2D eigenvalue weighted by Crippen LogP contribution is -2.57. The molecule has 0 N–H and O–H groups in total. The van der Waals surface area contributed by atoms with Crippen molar-refractivity contribution < 1.29 is 30.9 Å². The van der Waals surface area contributed by atoms with E-state index in [4.69, 9.17) is 4.43 Å². The summed E-state index contributed by atoms with van der Waals surface area (Å²) in [7, 11) is -2.49. The van der Waals surface area contributed by atoms with E-state index in [-0.39, 0.29) is 5.04 Å². The highest BCUT2D eigenvalue weighted by Gasteiger charge is 2.55. The third-order valence-electron chi connectivity index (χ3n) is 8.24. The van der Waals surface area contributed by atoms with Gasteiger partial charge in [0.05, 0.1) is 0 Å². The predicted octanol–water partition coefficient (Wildman–Crippen LogP) is 7.31. The number of nitrogens with zero attached hydrogens (tertiary/aromatic N) is 3. The van der Waals surface area contributed by atoms with Crippen LogP contribution >= 0.6 is 0 Å². The van der Waals surface area contributed by atoms with Gasteiger partial charge in [-0.2, -0.15) is 8.78 Å². The second-order valence-electron chi connectivity index (χ2n) is 11.7. The fraction of sp³-hybridized carbons (Fsp3) is 0.333. The molecule has 1 atom stereocenters. The van der Waals surface area contributed by atoms with Crippen LogP contribution in [0, 0.1) is 29.1 Å². The molecule has 1 aliphatic heterocycles. The summed E-state index contributed by atoms with van der Waals surface area (Å²) >= 11 is 0. The highest BCUT2D eigenvalue weighted by molar-refractivity contribution is 6.74. The molecule has 0 aliphatic carbocycles. The van der Waals surface area contributed by atoms with Gasteiger partial charge in [0.25, 0.3) is 5.82 Å². The van der Waals surface area contributed by atoms with Crippen LogP contribution in [-0.4, -0.2) is 18.1 Å². The lowest BCUT2D eigenvalue weighted by atomic mass is 9.79. The Balaban J connectivity index is 1.76. The second-order valence-corrected chi connectivity index (χ2v) is 16.4. The summed E-state index contributed by atoms with van der Waals surface area (Å²) in [5.41, 5.74) is -0.376. The number of aryl methyl sites for hydroxylation is 1. The number of benzene rings is 3. The molecule has 0 unspecified atom stereocenters. The Bertz CT molecular complexity index is 1480. The Labute approximate surface area is 231 Å². The second kappa shape index (κ2) is 9.92. The average molecular weight is 573 g/mol. The van der Waals surface area contributed by atoms with E-state index in [1.807, 2.05) is 60.7 Å². The van der Waals surface area contributed by atoms with Gasteiger partial charge in [-0.1, -0.05) is 86.1 Å². The number of hydrogen-bond donors (Lipinski definition) is 0. The third kappa shape index (κ3) is 4.37. The van der Waals surface area contributed by atoms with Gasteiger partial charge in [-0.15, -0.1) is 0 Å². The van der Waals surface area contributed by atoms with Gasteiger partial charge in [0, 0.05) is 11.5 Å². The molecule has 0 spiro atoms. The minimum atomic E-state index is -2.49. The molecule has 0 saturated heterocycles. The van der Waals surface area contributed by atoms with E-state index in [0.717, 1.165) is 15.8 Å². The SMILES string of the molecule is CC(C)(C)[Si](C)(C)OC(c1ccccc1)(c1ccccc1)[C@@H]1CCc2nn(-c3c(F)c(F)c(F)c(F)c3F)c[n+]21. The number of fused-ring (bicyclic) bond motifs is 1. The zero-order valence-electron chi connectivity index (χ0n) is 23.0. The minimum Gasteiger partial charge on any atom is -0.400 e. The van der Waals surface area contributed by atoms with E-state index in [1.165, 1.54) is 6.33 Å². The fourth-order valence-corrected chi connectivity index (χ4v) is 6.68. The van der Waals surface area contributed by atoms with Gasteiger partial charge >= 0.3 is 0 Å². The van der Waals surface area contributed by atoms with Crippen molar-refractivity contribution in [3.05, 3.63) is 113 Å². The van der Waals surface area contributed by atoms with E-state index in [1.54, 1.807) is 4.57 Å². The first-order chi connectivity index (χ1) is 18.8. The van der Waals surface area contributed by atoms with Gasteiger partial charge in [-0.25, -0.2) is 17.7 Å². The van der Waals surface area contributed by atoms with E-state index in [2.05, 4.69) is 39.0 Å². The van der Waals surface area contributed by atoms with Crippen LogP contribution in [-0.2, 0) is 16.4 Å². The smallest absolute Gasteiger partial charge is 0.278 e. The molecule has 4 nitrogen and oxygen atoms in total. The van der Waals surface area contributed by atoms with Crippen LogP contribution in [0.1, 0.15) is 50.2 Å². The molecular weight excluding hydrogens is 541 g/mol. The van der Waals surface area contributed by atoms with E-state index >= 15 is 0 Å². The summed E-state index contributed by atoms with van der Waals surface area (Å²) in [6.45, 7) is 10.8. The predicted molar refractivity (Wildman–Crippen MR) is 143 cm³/mol. The average Bonchev–Trinajstić information content (AvgIpc) is 3.51. The third-order valence-corrected chi connectivity index (χ3v) is 12.7. The Hall–Kier alpha value is -3.37. The molecule has 0 radical (unpaired) electrons. The largest absolute Gasteiger partial charge is 0.400 e. The molecular formula is C30H31F5N3OSi+. The van der Waals surface area contributed by atoms with E-state index < -0.39 is 54.7 Å². The molecule has 0 amide bonds. The van der Waals surface area contributed by atoms with Gasteiger partial charge in [-0.05, 0) is 35.7 Å². The van der Waals surface area contributed by atoms with E-state index in [0.29, 0.717) is 18.7 Å². The number of rotatable bonds is 6. The summed E-state index contributed by atoms with van der Waals surface area (Å²) in [6.07, 6.45) is 2.30. The number of aromatic nitrogens is 3. The normalized spacial score (nSPS) is 15.9. The van der Waals surface area contributed by atoms with Crippen molar-refractivity contribution >= 4 is 8.32 Å². The highest BCUT2D eigenvalue weighted by Crippen LogP contribution is 2.50. The molecule has 0 saturated carbocycles. The molecule has 10 heteroatoms. The Kier molecular flexibility index (Phi) is 6.98. The molecule has 1 aliphatic rings. The van der Waals surface area contributed by atoms with Crippen LogP contribution in [0.15, 0.2) is 67.0 Å². The molecule has 0 bridgehead atoms. The van der Waals surface area contributed by atoms with Gasteiger partial charge < -0.3 is 4.43 Å². The van der Waals surface area contributed by atoms with Gasteiger partial charge in [0.15, 0.2) is 8.32 Å². The van der Waals surface area contributed by atoms with Crippen LogP contribution in [0.3, 0.4) is 0 Å². The van der Waals surface area contributed by atoms with Crippen molar-refractivity contribution in [1.82, 2.24) is 9.78 Å². The Morgan fingerprint density at radius 2 is 1.27 bits per heavy atom. The zero-order valence-corrected chi connectivity index (χ0v) is 24.0. The summed E-state index contributed by atoms with van der Waals surface area (Å²) in [5.74, 6) is -9.68. The molecule has 3 aromatic carbocycles. The minimum absolute atomic E-state index is 0.159. The van der Waals surface area contributed by atoms with E-state index in [9.17, 15) is 22.0 Å². The quantitative estimate of drug-likeness (QED) is 0.0798. The maximum absolute atomic E-state index is 14.8. The highest BCUT2D eigenvalue weighted by atomic mass is 28.4. The van der Waals surface area contributed by atoms with Crippen molar-refractivity contribution in [1.29, 1.82) is 0 Å². The van der Waals surface area contributed by atoms with Crippen molar-refractivity contribution in [2.24, 2.45) is 0 Å². The number of halogens is 5. The van der Waals surface area contributed by atoms with Gasteiger partial charge in [0.1, 0.15) is 11.6 Å². The molecule has 210 valence electrons. The van der Waals surface area contributed by atoms with Gasteiger partial charge in [-0.3, -0.25) is 0 Å². The summed E-state index contributed by atoms with van der Waals surface area (Å²) in [6, 6.07) is 19.1. The van der Waals surface area contributed by atoms with Crippen LogP contribution < -0.4 is 4.57 Å². The first-order valence-corrected chi connectivity index (χ1v) is 16.0. The molecule has 5 rings (SSSR count). The van der Waals surface area contributed by atoms with Gasteiger partial charge in [0.2, 0.25) is 41.1 Å². The molecule has 2 heterocycles. The van der Waals surface area contributed by atoms with Crippen molar-refractivity contribution in [3.8, 4) is 5.69 Å². The zero-order chi connectivity index (χ0) is 29.0. The van der Waals surface area contributed by atoms with Crippen molar-refractivity contribution in [3.63, 3.8) is 0 Å². The molecule has 4 aromatic rings. The van der Waals surface area contributed by atoms with Crippen LogP contribution in [0.25, 0.3) is 5.69 Å². The molecule has 0 fully saturated rings. The number of hydrogen-bond acceptors (Lipinski definition) is 2. The first kappa shape index (κ1) is 28.2. The first-order valence-electron chi connectivity index (χ1n) is 13.1. The Morgan fingerprint density at radius 3 is 1.75 bits per heavy atom. The van der Waals surface area contributed by atoms with Crippen molar-refractivity contribution in [2.45, 2.75) is 63.4 Å². The van der Waals surface area contributed by atoms with Crippen LogP contribution in [0.4, 0.5) is 22.0 Å². The Morgan fingerprint density at radius 1 is 0.800 bits per heavy atom. The summed E-state index contributed by atoms with van der Waals surface area (Å²) < 4.78 is 81.3. The maximum atomic E-state index is 14.8. The maximum Gasteiger partial charge on any atom is 0.278 e. The van der Waals surface area contributed by atoms with Crippen LogP contribution in [0.5, 0.6) is 0 Å². The fourth-order valence-electron chi connectivity index (χ4n) is 5.20.